The van der Waals surface area contributed by atoms with Crippen molar-refractivity contribution in [1.29, 1.82) is 0 Å². The van der Waals surface area contributed by atoms with E-state index >= 15 is 0 Å². The summed E-state index contributed by atoms with van der Waals surface area (Å²) in [5, 5.41) is 5.38. The van der Waals surface area contributed by atoms with Crippen molar-refractivity contribution >= 4 is 49.9 Å². The van der Waals surface area contributed by atoms with Crippen LogP contribution in [0, 0.1) is 5.92 Å². The molecule has 1 aliphatic heterocycles. The minimum Gasteiger partial charge on any atom is -0.467 e. The van der Waals surface area contributed by atoms with Gasteiger partial charge in [0.05, 0.1) is 18.1 Å². The van der Waals surface area contributed by atoms with Crippen molar-refractivity contribution in [1.82, 2.24) is 15.5 Å². The predicted octanol–water partition coefficient (Wildman–Crippen LogP) is 4.39. The molecule has 2 aliphatic rings. The van der Waals surface area contributed by atoms with Gasteiger partial charge in [0.25, 0.3) is 10.1 Å². The van der Waals surface area contributed by atoms with Gasteiger partial charge in [0.1, 0.15) is 23.2 Å². The number of unbranched alkanes of at least 4 members (excludes halogenated alkanes) is 3. The van der Waals surface area contributed by atoms with Crippen LogP contribution in [0.4, 0.5) is 4.79 Å². The number of carbonyl (C=O) groups is 4. The molecule has 5 atom stereocenters. The summed E-state index contributed by atoms with van der Waals surface area (Å²) in [7, 11) is -3.06. The van der Waals surface area contributed by atoms with Gasteiger partial charge in [-0.25, -0.2) is 9.59 Å². The lowest BCUT2D eigenvalue weighted by molar-refractivity contribution is -0.148. The van der Waals surface area contributed by atoms with E-state index in [1.165, 1.54) is 24.1 Å². The highest BCUT2D eigenvalue weighted by atomic mass is 79.9. The quantitative estimate of drug-likeness (QED) is 0.116. The number of hydrogen-bond donors (Lipinski definition) is 2. The van der Waals surface area contributed by atoms with Gasteiger partial charge >= 0.3 is 12.1 Å². The number of methoxy groups -OCH3 is 1. The van der Waals surface area contributed by atoms with Gasteiger partial charge in [-0.15, -0.1) is 13.2 Å². The molecule has 1 saturated heterocycles. The van der Waals surface area contributed by atoms with Gasteiger partial charge in [-0.05, 0) is 70.7 Å². The summed E-state index contributed by atoms with van der Waals surface area (Å²) >= 11 is 3.27. The van der Waals surface area contributed by atoms with Crippen LogP contribution < -0.4 is 10.6 Å². The second-order valence-electron chi connectivity index (χ2n) is 12.5. The molecule has 5 unspecified atom stereocenters. The van der Waals surface area contributed by atoms with Crippen LogP contribution in [0.15, 0.2) is 58.9 Å². The van der Waals surface area contributed by atoms with E-state index in [-0.39, 0.29) is 36.6 Å². The number of nitrogens with one attached hydrogen (secondary N) is 2. The number of likely N-dealkylation sites (tertiary alicyclic amines) is 1. The van der Waals surface area contributed by atoms with E-state index in [1.807, 2.05) is 0 Å². The number of benzene rings is 1. The van der Waals surface area contributed by atoms with Crippen molar-refractivity contribution in [3.05, 3.63) is 54.0 Å². The fourth-order valence-corrected chi connectivity index (χ4v) is 6.75. The fraction of sp³-hybridized carbons (Fsp3) is 0.562. The first kappa shape index (κ1) is 37.2. The van der Waals surface area contributed by atoms with Crippen LogP contribution in [0.25, 0.3) is 0 Å². The molecule has 3 amide bonds. The maximum atomic E-state index is 14.1. The smallest absolute Gasteiger partial charge is 0.408 e. The van der Waals surface area contributed by atoms with Gasteiger partial charge in [-0.3, -0.25) is 13.8 Å². The molecule has 0 radical (unpaired) electrons. The Kier molecular flexibility index (Phi) is 12.6. The highest BCUT2D eigenvalue weighted by molar-refractivity contribution is 9.10. The maximum Gasteiger partial charge on any atom is 0.408 e. The van der Waals surface area contributed by atoms with E-state index in [0.29, 0.717) is 10.9 Å². The zero-order valence-corrected chi connectivity index (χ0v) is 29.2. The average Bonchev–Trinajstić information content (AvgIpc) is 3.54. The van der Waals surface area contributed by atoms with Crippen LogP contribution >= 0.6 is 15.9 Å². The number of esters is 1. The Labute approximate surface area is 279 Å². The Bertz CT molecular complexity index is 1410. The van der Waals surface area contributed by atoms with Gasteiger partial charge in [0.2, 0.25) is 11.8 Å². The Morgan fingerprint density at radius 2 is 1.80 bits per heavy atom. The van der Waals surface area contributed by atoms with Gasteiger partial charge in [-0.2, -0.15) is 8.42 Å². The lowest BCUT2D eigenvalue weighted by Crippen LogP contribution is -2.56. The summed E-state index contributed by atoms with van der Waals surface area (Å²) in [4.78, 5) is 54.5. The molecule has 254 valence electrons. The number of carbonyl (C=O) groups excluding carboxylic acids is 4. The molecule has 12 nitrogen and oxygen atoms in total. The van der Waals surface area contributed by atoms with Crippen molar-refractivity contribution < 1.29 is 41.3 Å². The molecule has 1 heterocycles. The van der Waals surface area contributed by atoms with Gasteiger partial charge in [-0.1, -0.05) is 40.9 Å². The predicted molar refractivity (Wildman–Crippen MR) is 174 cm³/mol. The highest BCUT2D eigenvalue weighted by Crippen LogP contribution is 2.45. The van der Waals surface area contributed by atoms with Crippen LogP contribution in [0.5, 0.6) is 0 Å². The normalized spacial score (nSPS) is 23.2. The molecule has 1 aromatic carbocycles. The summed E-state index contributed by atoms with van der Waals surface area (Å²) in [6, 6.07) is 3.56. The molecule has 2 N–H and O–H groups in total. The largest absolute Gasteiger partial charge is 0.467 e. The zero-order chi connectivity index (χ0) is 34.3. The van der Waals surface area contributed by atoms with Crippen LogP contribution in [-0.2, 0) is 38.2 Å². The summed E-state index contributed by atoms with van der Waals surface area (Å²) in [5.41, 5.74) is -2.17. The lowest BCUT2D eigenvalue weighted by atomic mass is 10.0. The van der Waals surface area contributed by atoms with Crippen molar-refractivity contribution in [3.8, 4) is 0 Å². The minimum absolute atomic E-state index is 0.0954. The number of ether oxygens (including phenoxy) is 2. The molecule has 0 aromatic heterocycles. The maximum absolute atomic E-state index is 14.1. The molecular weight excluding hydrogens is 682 g/mol. The van der Waals surface area contributed by atoms with Crippen molar-refractivity contribution in [2.45, 2.75) is 99.9 Å². The van der Waals surface area contributed by atoms with Crippen LogP contribution in [0.1, 0.15) is 65.7 Å². The van der Waals surface area contributed by atoms with Crippen molar-refractivity contribution in [2.24, 2.45) is 5.92 Å². The minimum atomic E-state index is -4.27. The number of allylic oxidation sites excluding steroid dienone is 1. The molecular formula is C32H44BrN3O9S. The molecule has 1 aliphatic carbocycles. The summed E-state index contributed by atoms with van der Waals surface area (Å²) in [6.07, 6.45) is 4.75. The standard InChI is InChI=1S/C32H44BrN3O9S/c1-7-9-10-11-12-13-25(34-30(40)44-31(3,4)5)28(38)36-20-23(45-46(41,42)24-16-14-22(33)15-17-24)18-26(36)27(37)35-32(29(39)43-6)19-21(32)8-2/h7-8,14-17,21,23,25-26H,1-2,9-13,18-20H2,3-6H3,(H,34,40)(H,35,37). The first-order chi connectivity index (χ1) is 21.6. The summed E-state index contributed by atoms with van der Waals surface area (Å²) in [5.74, 6) is -2.32. The summed E-state index contributed by atoms with van der Waals surface area (Å²) < 4.78 is 42.8. The third kappa shape index (κ3) is 9.64. The fourth-order valence-electron chi connectivity index (χ4n) is 5.40. The second kappa shape index (κ2) is 15.6. The number of amides is 3. The summed E-state index contributed by atoms with van der Waals surface area (Å²) in [6.45, 7) is 12.3. The van der Waals surface area contributed by atoms with E-state index in [0.717, 1.165) is 19.3 Å². The Balaban J connectivity index is 1.90. The Morgan fingerprint density at radius 1 is 1.13 bits per heavy atom. The van der Waals surface area contributed by atoms with Crippen LogP contribution in [0.2, 0.25) is 0 Å². The van der Waals surface area contributed by atoms with Crippen molar-refractivity contribution in [2.75, 3.05) is 13.7 Å². The molecule has 1 aromatic rings. The lowest BCUT2D eigenvalue weighted by Gasteiger charge is -2.30. The van der Waals surface area contributed by atoms with Gasteiger partial charge in [0.15, 0.2) is 0 Å². The number of rotatable bonds is 15. The Hall–Kier alpha value is -3.23. The van der Waals surface area contributed by atoms with Crippen LogP contribution in [-0.4, -0.2) is 80.2 Å². The number of halogens is 1. The highest BCUT2D eigenvalue weighted by Gasteiger charge is 2.62. The first-order valence-electron chi connectivity index (χ1n) is 15.2. The van der Waals surface area contributed by atoms with E-state index < -0.39 is 63.3 Å². The molecule has 1 saturated carbocycles. The molecule has 2 fully saturated rings. The molecule has 14 heteroatoms. The monoisotopic (exact) mass is 725 g/mol. The molecule has 0 bridgehead atoms. The second-order valence-corrected chi connectivity index (χ2v) is 15.0. The van der Waals surface area contributed by atoms with E-state index in [1.54, 1.807) is 45.1 Å². The zero-order valence-electron chi connectivity index (χ0n) is 26.8. The number of nitrogens with zero attached hydrogens (tertiary/aromatic N) is 1. The number of alkyl carbamates (subject to hydrolysis) is 1. The number of hydrogen-bond acceptors (Lipinski definition) is 9. The SMILES string of the molecule is C=CCCCCCC(NC(=O)OC(C)(C)C)C(=O)N1CC(OS(=O)(=O)c2ccc(Br)cc2)CC1C(=O)NC1(C(=O)OC)CC1C=C. The van der Waals surface area contributed by atoms with Gasteiger partial charge < -0.3 is 25.0 Å². The first-order valence-corrected chi connectivity index (χ1v) is 17.4. The van der Waals surface area contributed by atoms with E-state index in [4.69, 9.17) is 13.7 Å². The third-order valence-corrected chi connectivity index (χ3v) is 9.70. The van der Waals surface area contributed by atoms with E-state index in [9.17, 15) is 27.6 Å². The average molecular weight is 727 g/mol. The van der Waals surface area contributed by atoms with Crippen LogP contribution in [0.3, 0.4) is 0 Å². The third-order valence-electron chi connectivity index (χ3n) is 7.80. The van der Waals surface area contributed by atoms with E-state index in [2.05, 4.69) is 39.7 Å². The molecule has 46 heavy (non-hydrogen) atoms. The topological polar surface area (TPSA) is 157 Å². The molecule has 0 spiro atoms. The Morgan fingerprint density at radius 3 is 2.37 bits per heavy atom. The van der Waals surface area contributed by atoms with Crippen molar-refractivity contribution in [3.63, 3.8) is 0 Å². The molecule has 3 rings (SSSR count). The van der Waals surface area contributed by atoms with Gasteiger partial charge in [0, 0.05) is 23.4 Å².